The van der Waals surface area contributed by atoms with Gasteiger partial charge in [0.2, 0.25) is 5.91 Å². The smallest absolute Gasteiger partial charge is 0.326 e. The molecule has 21 heavy (non-hydrogen) atoms. The lowest BCUT2D eigenvalue weighted by Gasteiger charge is -2.37. The maximum absolute atomic E-state index is 12.4. The number of carboxylic acids is 1. The topological polar surface area (TPSA) is 77.8 Å². The van der Waals surface area contributed by atoms with E-state index in [1.54, 1.807) is 12.1 Å². The summed E-state index contributed by atoms with van der Waals surface area (Å²) >= 11 is 0. The van der Waals surface area contributed by atoms with Crippen LogP contribution in [0.25, 0.3) is 0 Å². The van der Waals surface area contributed by atoms with E-state index in [4.69, 9.17) is 0 Å². The van der Waals surface area contributed by atoms with E-state index in [2.05, 4.69) is 6.92 Å². The van der Waals surface area contributed by atoms with Crippen LogP contribution in [-0.4, -0.2) is 39.6 Å². The molecule has 1 saturated heterocycles. The number of carbonyl (C=O) groups is 2. The number of likely N-dealkylation sites (tertiary alicyclic amines) is 1. The second-order valence-corrected chi connectivity index (χ2v) is 5.58. The quantitative estimate of drug-likeness (QED) is 0.890. The van der Waals surface area contributed by atoms with Gasteiger partial charge in [0, 0.05) is 6.54 Å². The van der Waals surface area contributed by atoms with Crippen LogP contribution in [0.3, 0.4) is 0 Å². The van der Waals surface area contributed by atoms with Crippen molar-refractivity contribution in [3.63, 3.8) is 0 Å². The molecule has 5 nitrogen and oxygen atoms in total. The standard InChI is InChI=1S/C16H21NO4/c1-2-11-7-8-17(14(9-11)16(20)21)15(19)10-12-3-5-13(18)6-4-12/h3-6,11,14,18H,2,7-10H2,1H3,(H,20,21). The lowest BCUT2D eigenvalue weighted by molar-refractivity contribution is -0.152. The summed E-state index contributed by atoms with van der Waals surface area (Å²) in [6.45, 7) is 2.56. The Morgan fingerprint density at radius 1 is 1.29 bits per heavy atom. The first kappa shape index (κ1) is 15.4. The molecular weight excluding hydrogens is 270 g/mol. The molecule has 2 N–H and O–H groups in total. The highest BCUT2D eigenvalue weighted by Gasteiger charge is 2.35. The van der Waals surface area contributed by atoms with Crippen LogP contribution in [-0.2, 0) is 16.0 Å². The van der Waals surface area contributed by atoms with Crippen molar-refractivity contribution in [2.24, 2.45) is 5.92 Å². The fourth-order valence-corrected chi connectivity index (χ4v) is 2.83. The number of amides is 1. The van der Waals surface area contributed by atoms with E-state index in [1.807, 2.05) is 0 Å². The van der Waals surface area contributed by atoms with Crippen molar-refractivity contribution in [1.82, 2.24) is 4.90 Å². The molecule has 114 valence electrons. The van der Waals surface area contributed by atoms with E-state index in [-0.39, 0.29) is 18.1 Å². The van der Waals surface area contributed by atoms with Gasteiger partial charge in [0.15, 0.2) is 0 Å². The number of carboxylic acid groups (broad SMARTS) is 1. The van der Waals surface area contributed by atoms with Gasteiger partial charge in [-0.15, -0.1) is 0 Å². The number of hydrogen-bond acceptors (Lipinski definition) is 3. The van der Waals surface area contributed by atoms with Gasteiger partial charge < -0.3 is 15.1 Å². The first-order chi connectivity index (χ1) is 10.0. The first-order valence-electron chi connectivity index (χ1n) is 7.31. The van der Waals surface area contributed by atoms with Crippen molar-refractivity contribution in [2.45, 2.75) is 38.6 Å². The zero-order chi connectivity index (χ0) is 15.4. The van der Waals surface area contributed by atoms with Gasteiger partial charge in [-0.3, -0.25) is 4.79 Å². The summed E-state index contributed by atoms with van der Waals surface area (Å²) in [5, 5.41) is 18.6. The summed E-state index contributed by atoms with van der Waals surface area (Å²) < 4.78 is 0. The molecule has 0 bridgehead atoms. The molecule has 2 rings (SSSR count). The minimum Gasteiger partial charge on any atom is -0.508 e. The highest BCUT2D eigenvalue weighted by atomic mass is 16.4. The van der Waals surface area contributed by atoms with Crippen molar-refractivity contribution in [1.29, 1.82) is 0 Å². The molecule has 2 unspecified atom stereocenters. The molecule has 1 heterocycles. The summed E-state index contributed by atoms with van der Waals surface area (Å²) in [6.07, 6.45) is 2.51. The summed E-state index contributed by atoms with van der Waals surface area (Å²) in [4.78, 5) is 25.3. The van der Waals surface area contributed by atoms with Crippen LogP contribution in [0.4, 0.5) is 0 Å². The Hall–Kier alpha value is -2.04. The van der Waals surface area contributed by atoms with Crippen molar-refractivity contribution in [2.75, 3.05) is 6.54 Å². The zero-order valence-electron chi connectivity index (χ0n) is 12.2. The van der Waals surface area contributed by atoms with E-state index in [1.165, 1.54) is 17.0 Å². The Kier molecular flexibility index (Phi) is 4.83. The minimum atomic E-state index is -0.924. The molecule has 0 spiro atoms. The van der Waals surface area contributed by atoms with E-state index in [0.29, 0.717) is 18.9 Å². The van der Waals surface area contributed by atoms with Crippen LogP contribution in [0, 0.1) is 5.92 Å². The molecule has 1 amide bonds. The van der Waals surface area contributed by atoms with E-state index < -0.39 is 12.0 Å². The van der Waals surface area contributed by atoms with Gasteiger partial charge in [-0.05, 0) is 36.5 Å². The number of phenolic OH excluding ortho intramolecular Hbond substituents is 1. The highest BCUT2D eigenvalue weighted by Crippen LogP contribution is 2.26. The van der Waals surface area contributed by atoms with Crippen molar-refractivity contribution < 1.29 is 19.8 Å². The van der Waals surface area contributed by atoms with Gasteiger partial charge >= 0.3 is 5.97 Å². The monoisotopic (exact) mass is 291 g/mol. The van der Waals surface area contributed by atoms with Crippen LogP contribution < -0.4 is 0 Å². The molecule has 5 heteroatoms. The van der Waals surface area contributed by atoms with Crippen LogP contribution in [0.15, 0.2) is 24.3 Å². The molecule has 0 aliphatic carbocycles. The van der Waals surface area contributed by atoms with Crippen LogP contribution in [0.1, 0.15) is 31.7 Å². The average Bonchev–Trinajstić information content (AvgIpc) is 2.48. The van der Waals surface area contributed by atoms with Gasteiger partial charge in [-0.25, -0.2) is 4.79 Å². The number of aliphatic carboxylic acids is 1. The molecule has 0 aromatic heterocycles. The van der Waals surface area contributed by atoms with Crippen molar-refractivity contribution in [3.8, 4) is 5.75 Å². The molecule has 1 fully saturated rings. The Morgan fingerprint density at radius 2 is 1.95 bits per heavy atom. The van der Waals surface area contributed by atoms with Crippen molar-refractivity contribution in [3.05, 3.63) is 29.8 Å². The SMILES string of the molecule is CCC1CCN(C(=O)Cc2ccc(O)cc2)C(C(=O)O)C1. The molecule has 0 radical (unpaired) electrons. The molecule has 2 atom stereocenters. The average molecular weight is 291 g/mol. The summed E-state index contributed by atoms with van der Waals surface area (Å²) in [5.41, 5.74) is 0.777. The Morgan fingerprint density at radius 3 is 2.52 bits per heavy atom. The maximum Gasteiger partial charge on any atom is 0.326 e. The highest BCUT2D eigenvalue weighted by molar-refractivity contribution is 5.85. The van der Waals surface area contributed by atoms with E-state index >= 15 is 0 Å². The summed E-state index contributed by atoms with van der Waals surface area (Å²) in [6, 6.07) is 5.71. The largest absolute Gasteiger partial charge is 0.508 e. The number of benzene rings is 1. The number of aromatic hydroxyl groups is 1. The second-order valence-electron chi connectivity index (χ2n) is 5.58. The van der Waals surface area contributed by atoms with Gasteiger partial charge in [0.05, 0.1) is 6.42 Å². The predicted octanol–water partition coefficient (Wildman–Crippen LogP) is 2.04. The lowest BCUT2D eigenvalue weighted by Crippen LogP contribution is -2.50. The van der Waals surface area contributed by atoms with Crippen LogP contribution in [0.5, 0.6) is 5.75 Å². The Bertz CT molecular complexity index is 512. The maximum atomic E-state index is 12.4. The number of hydrogen-bond donors (Lipinski definition) is 2. The van der Waals surface area contributed by atoms with Gasteiger partial charge in [-0.2, -0.15) is 0 Å². The molecular formula is C16H21NO4. The summed E-state index contributed by atoms with van der Waals surface area (Å²) in [7, 11) is 0. The number of carbonyl (C=O) groups excluding carboxylic acids is 1. The Labute approximate surface area is 124 Å². The third kappa shape index (κ3) is 3.74. The zero-order valence-corrected chi connectivity index (χ0v) is 12.2. The van der Waals surface area contributed by atoms with E-state index in [0.717, 1.165) is 18.4 Å². The third-order valence-electron chi connectivity index (χ3n) is 4.19. The van der Waals surface area contributed by atoms with Crippen LogP contribution in [0.2, 0.25) is 0 Å². The normalized spacial score (nSPS) is 22.0. The first-order valence-corrected chi connectivity index (χ1v) is 7.31. The molecule has 1 aromatic rings. The van der Waals surface area contributed by atoms with Gasteiger partial charge in [0.1, 0.15) is 11.8 Å². The second kappa shape index (κ2) is 6.61. The number of rotatable bonds is 4. The number of piperidine rings is 1. The Balaban J connectivity index is 2.06. The fraction of sp³-hybridized carbons (Fsp3) is 0.500. The molecule has 1 aromatic carbocycles. The van der Waals surface area contributed by atoms with Crippen LogP contribution >= 0.6 is 0 Å². The third-order valence-corrected chi connectivity index (χ3v) is 4.19. The summed E-state index contributed by atoms with van der Waals surface area (Å²) in [5.74, 6) is -0.558. The van der Waals surface area contributed by atoms with Gasteiger partial charge in [-0.1, -0.05) is 25.5 Å². The molecule has 0 saturated carbocycles. The molecule has 1 aliphatic rings. The van der Waals surface area contributed by atoms with Crippen molar-refractivity contribution >= 4 is 11.9 Å². The molecule has 1 aliphatic heterocycles. The minimum absolute atomic E-state index is 0.151. The number of phenols is 1. The van der Waals surface area contributed by atoms with E-state index in [9.17, 15) is 19.8 Å². The lowest BCUT2D eigenvalue weighted by atomic mass is 9.88. The van der Waals surface area contributed by atoms with Gasteiger partial charge in [0.25, 0.3) is 0 Å². The fourth-order valence-electron chi connectivity index (χ4n) is 2.83. The number of nitrogens with zero attached hydrogens (tertiary/aromatic N) is 1. The predicted molar refractivity (Wildman–Crippen MR) is 78.0 cm³/mol.